The van der Waals surface area contributed by atoms with Gasteiger partial charge in [0.15, 0.2) is 0 Å². The Labute approximate surface area is 262 Å². The highest BCUT2D eigenvalue weighted by atomic mass is 16.3. The molecule has 0 N–H and O–H groups in total. The second-order valence-electron chi connectivity index (χ2n) is 12.6. The summed E-state index contributed by atoms with van der Waals surface area (Å²) in [4.78, 5) is 2.40. The Bertz CT molecular complexity index is 2410. The lowest BCUT2D eigenvalue weighted by atomic mass is 9.82. The highest BCUT2D eigenvalue weighted by Crippen LogP contribution is 2.51. The summed E-state index contributed by atoms with van der Waals surface area (Å²) in [6, 6.07) is 54.7. The van der Waals surface area contributed by atoms with Gasteiger partial charge in [0.1, 0.15) is 11.2 Å². The first kappa shape index (κ1) is 25.9. The van der Waals surface area contributed by atoms with Crippen LogP contribution in [0.1, 0.15) is 25.0 Å². The molecule has 0 spiro atoms. The van der Waals surface area contributed by atoms with Crippen LogP contribution in [0.5, 0.6) is 0 Å². The van der Waals surface area contributed by atoms with Gasteiger partial charge in [-0.3, -0.25) is 0 Å². The molecule has 1 aromatic heterocycles. The first-order valence-electron chi connectivity index (χ1n) is 15.6. The van der Waals surface area contributed by atoms with Crippen LogP contribution < -0.4 is 4.90 Å². The topological polar surface area (TPSA) is 16.4 Å². The summed E-state index contributed by atoms with van der Waals surface area (Å²) in [5.74, 6) is 0. The van der Waals surface area contributed by atoms with Crippen molar-refractivity contribution in [3.8, 4) is 22.3 Å². The van der Waals surface area contributed by atoms with Crippen molar-refractivity contribution in [1.29, 1.82) is 0 Å². The first-order valence-corrected chi connectivity index (χ1v) is 15.6. The van der Waals surface area contributed by atoms with Gasteiger partial charge in [0, 0.05) is 33.2 Å². The predicted octanol–water partition coefficient (Wildman–Crippen LogP) is 12.2. The lowest BCUT2D eigenvalue weighted by Crippen LogP contribution is -2.16. The van der Waals surface area contributed by atoms with E-state index in [1.54, 1.807) is 0 Å². The van der Waals surface area contributed by atoms with E-state index in [0.29, 0.717) is 0 Å². The minimum absolute atomic E-state index is 0.0941. The highest BCUT2D eigenvalue weighted by molar-refractivity contribution is 6.19. The molecule has 0 fully saturated rings. The van der Waals surface area contributed by atoms with E-state index in [4.69, 9.17) is 4.42 Å². The van der Waals surface area contributed by atoms with E-state index in [0.717, 1.165) is 39.0 Å². The fourth-order valence-electron chi connectivity index (χ4n) is 7.41. The molecular weight excluding hydrogens is 546 g/mol. The molecule has 0 bridgehead atoms. The Morgan fingerprint density at radius 2 is 1.16 bits per heavy atom. The SMILES string of the molecule is CC1(C)c2ccccc2-c2ccc(N(c3cccc(-c4ccccc4)c3)c3ccc4oc5ccc6ccccc6c5c4c3)cc21. The average Bonchev–Trinajstić information content (AvgIpc) is 3.57. The lowest BCUT2D eigenvalue weighted by Gasteiger charge is -2.28. The number of fused-ring (bicyclic) bond motifs is 8. The Kier molecular flexibility index (Phi) is 5.58. The standard InChI is InChI=1S/C43H31NO/c1-43(2)38-18-9-8-17-35(38)36-22-20-33(27-39(36)43)44(31-15-10-14-30(25-31)28-11-4-3-5-12-28)32-21-24-40-37(26-32)42-34-16-7-6-13-29(34)19-23-41(42)45-40/h3-27H,1-2H3. The maximum Gasteiger partial charge on any atom is 0.136 e. The molecule has 0 radical (unpaired) electrons. The Balaban J connectivity index is 1.28. The molecule has 45 heavy (non-hydrogen) atoms. The van der Waals surface area contributed by atoms with Crippen LogP contribution in [0.25, 0.3) is 55.0 Å². The molecule has 1 aliphatic carbocycles. The quantitative estimate of drug-likeness (QED) is 0.207. The molecule has 1 aliphatic rings. The van der Waals surface area contributed by atoms with Crippen LogP contribution in [0.3, 0.4) is 0 Å². The molecule has 0 saturated heterocycles. The average molecular weight is 578 g/mol. The maximum atomic E-state index is 6.39. The molecule has 0 atom stereocenters. The molecule has 0 aliphatic heterocycles. The van der Waals surface area contributed by atoms with Crippen molar-refractivity contribution in [3.05, 3.63) is 163 Å². The third-order valence-electron chi connectivity index (χ3n) is 9.64. The molecule has 2 heteroatoms. The molecule has 7 aromatic carbocycles. The van der Waals surface area contributed by atoms with Gasteiger partial charge in [0.25, 0.3) is 0 Å². The normalized spacial score (nSPS) is 13.3. The molecule has 2 nitrogen and oxygen atoms in total. The zero-order valence-electron chi connectivity index (χ0n) is 25.3. The van der Waals surface area contributed by atoms with E-state index in [-0.39, 0.29) is 5.41 Å². The van der Waals surface area contributed by atoms with Gasteiger partial charge < -0.3 is 9.32 Å². The number of hydrogen-bond donors (Lipinski definition) is 0. The fourth-order valence-corrected chi connectivity index (χ4v) is 7.41. The monoisotopic (exact) mass is 577 g/mol. The minimum atomic E-state index is -0.0941. The maximum absolute atomic E-state index is 6.39. The van der Waals surface area contributed by atoms with E-state index in [2.05, 4.69) is 170 Å². The third-order valence-corrected chi connectivity index (χ3v) is 9.64. The highest BCUT2D eigenvalue weighted by Gasteiger charge is 2.35. The molecule has 214 valence electrons. The van der Waals surface area contributed by atoms with Gasteiger partial charge in [-0.2, -0.15) is 0 Å². The summed E-state index contributed by atoms with van der Waals surface area (Å²) < 4.78 is 6.39. The van der Waals surface area contributed by atoms with Gasteiger partial charge in [0.2, 0.25) is 0 Å². The Morgan fingerprint density at radius 3 is 2.07 bits per heavy atom. The van der Waals surface area contributed by atoms with Crippen LogP contribution in [0.4, 0.5) is 17.1 Å². The van der Waals surface area contributed by atoms with Crippen molar-refractivity contribution in [2.75, 3.05) is 4.90 Å². The molecular formula is C43H31NO. The summed E-state index contributed by atoms with van der Waals surface area (Å²) in [6.45, 7) is 4.69. The van der Waals surface area contributed by atoms with E-state index >= 15 is 0 Å². The van der Waals surface area contributed by atoms with Crippen LogP contribution in [0.15, 0.2) is 156 Å². The minimum Gasteiger partial charge on any atom is -0.456 e. The van der Waals surface area contributed by atoms with Crippen molar-refractivity contribution in [2.24, 2.45) is 0 Å². The Hall–Kier alpha value is -5.60. The van der Waals surface area contributed by atoms with E-state index in [1.165, 1.54) is 44.2 Å². The number of anilines is 3. The number of hydrogen-bond acceptors (Lipinski definition) is 2. The zero-order valence-corrected chi connectivity index (χ0v) is 25.3. The van der Waals surface area contributed by atoms with Gasteiger partial charge in [0.05, 0.1) is 0 Å². The van der Waals surface area contributed by atoms with Crippen LogP contribution in [0, 0.1) is 0 Å². The van der Waals surface area contributed by atoms with Gasteiger partial charge >= 0.3 is 0 Å². The summed E-state index contributed by atoms with van der Waals surface area (Å²) in [6.07, 6.45) is 0. The molecule has 0 amide bonds. The third kappa shape index (κ3) is 3.96. The van der Waals surface area contributed by atoms with E-state index in [9.17, 15) is 0 Å². The summed E-state index contributed by atoms with van der Waals surface area (Å²) in [7, 11) is 0. The van der Waals surface area contributed by atoms with Crippen molar-refractivity contribution in [3.63, 3.8) is 0 Å². The van der Waals surface area contributed by atoms with Gasteiger partial charge in [-0.25, -0.2) is 0 Å². The summed E-state index contributed by atoms with van der Waals surface area (Å²) >= 11 is 0. The lowest BCUT2D eigenvalue weighted by molar-refractivity contribution is 0.660. The number of benzene rings is 7. The van der Waals surface area contributed by atoms with Crippen LogP contribution in [-0.2, 0) is 5.41 Å². The molecule has 0 unspecified atom stereocenters. The van der Waals surface area contributed by atoms with E-state index in [1.807, 2.05) is 0 Å². The van der Waals surface area contributed by atoms with Crippen LogP contribution >= 0.6 is 0 Å². The second-order valence-corrected chi connectivity index (χ2v) is 12.6. The first-order chi connectivity index (χ1) is 22.1. The van der Waals surface area contributed by atoms with Crippen LogP contribution in [0.2, 0.25) is 0 Å². The van der Waals surface area contributed by atoms with Crippen molar-refractivity contribution >= 4 is 49.8 Å². The zero-order chi connectivity index (χ0) is 30.1. The predicted molar refractivity (Wildman–Crippen MR) is 189 cm³/mol. The molecule has 8 aromatic rings. The van der Waals surface area contributed by atoms with Gasteiger partial charge in [-0.15, -0.1) is 0 Å². The van der Waals surface area contributed by atoms with Gasteiger partial charge in [-0.05, 0) is 92.7 Å². The second kappa shape index (κ2) is 9.70. The van der Waals surface area contributed by atoms with Crippen molar-refractivity contribution in [2.45, 2.75) is 19.3 Å². The van der Waals surface area contributed by atoms with E-state index < -0.39 is 0 Å². The number of rotatable bonds is 4. The largest absolute Gasteiger partial charge is 0.456 e. The molecule has 9 rings (SSSR count). The fraction of sp³-hybridized carbons (Fsp3) is 0.0698. The van der Waals surface area contributed by atoms with Crippen molar-refractivity contribution < 1.29 is 4.42 Å². The van der Waals surface area contributed by atoms with Gasteiger partial charge in [-0.1, -0.05) is 117 Å². The number of furan rings is 1. The van der Waals surface area contributed by atoms with Crippen LogP contribution in [-0.4, -0.2) is 0 Å². The molecule has 1 heterocycles. The molecule has 0 saturated carbocycles. The summed E-state index contributed by atoms with van der Waals surface area (Å²) in [5, 5.41) is 4.71. The van der Waals surface area contributed by atoms with Crippen molar-refractivity contribution in [1.82, 2.24) is 0 Å². The summed E-state index contributed by atoms with van der Waals surface area (Å²) in [5.41, 5.74) is 12.8. The number of nitrogens with zero attached hydrogens (tertiary/aromatic N) is 1. The Morgan fingerprint density at radius 1 is 0.467 bits per heavy atom. The smallest absolute Gasteiger partial charge is 0.136 e.